The van der Waals surface area contributed by atoms with Crippen molar-refractivity contribution in [3.63, 3.8) is 0 Å². The van der Waals surface area contributed by atoms with Gasteiger partial charge in [0.05, 0.1) is 17.5 Å². The Bertz CT molecular complexity index is 880. The lowest BCUT2D eigenvalue weighted by Crippen LogP contribution is -2.37. The van der Waals surface area contributed by atoms with Crippen molar-refractivity contribution in [2.75, 3.05) is 19.8 Å². The highest BCUT2D eigenvalue weighted by molar-refractivity contribution is 9.10. The summed E-state index contributed by atoms with van der Waals surface area (Å²) < 4.78 is 24.1. The molecule has 0 saturated carbocycles. The molecule has 0 aliphatic carbocycles. The first-order valence-corrected chi connectivity index (χ1v) is 11.3. The maximum absolute atomic E-state index is 12.4. The smallest absolute Gasteiger partial charge is 0.234 e. The van der Waals surface area contributed by atoms with Crippen molar-refractivity contribution < 1.29 is 13.2 Å². The van der Waals surface area contributed by atoms with Gasteiger partial charge in [-0.25, -0.2) is 8.42 Å². The number of hydrogen-bond donors (Lipinski definition) is 1. The minimum Gasteiger partial charge on any atom is -0.348 e. The zero-order chi connectivity index (χ0) is 20.2. The minimum atomic E-state index is -3.21. The summed E-state index contributed by atoms with van der Waals surface area (Å²) in [7, 11) is -1.33. The predicted octanol–water partition coefficient (Wildman–Crippen LogP) is 3.72. The SMILES string of the molecule is C[C@@H](NC(=O)CN(C)[C@@H](C)c1ccc(S(C)(=O)=O)cc1)c1ccc(Br)cc1. The van der Waals surface area contributed by atoms with Crippen LogP contribution >= 0.6 is 15.9 Å². The van der Waals surface area contributed by atoms with Crippen molar-refractivity contribution in [1.82, 2.24) is 10.2 Å². The standard InChI is InChI=1S/C20H25BrN2O3S/c1-14(16-5-9-18(21)10-6-16)22-20(24)13-23(3)15(2)17-7-11-19(12-8-17)27(4,25)26/h5-12,14-15H,13H2,1-4H3,(H,22,24)/t14-,15+/m1/s1. The van der Waals surface area contributed by atoms with E-state index in [0.717, 1.165) is 15.6 Å². The van der Waals surface area contributed by atoms with Crippen LogP contribution in [0.15, 0.2) is 57.9 Å². The maximum atomic E-state index is 12.4. The first kappa shape index (κ1) is 21.6. The van der Waals surface area contributed by atoms with Crippen LogP contribution in [0.3, 0.4) is 0 Å². The molecule has 0 spiro atoms. The van der Waals surface area contributed by atoms with Crippen LogP contribution in [-0.2, 0) is 14.6 Å². The normalized spacial score (nSPS) is 14.0. The Morgan fingerprint density at radius 3 is 2.07 bits per heavy atom. The van der Waals surface area contributed by atoms with Crippen molar-refractivity contribution >= 4 is 31.7 Å². The number of amides is 1. The van der Waals surface area contributed by atoms with Gasteiger partial charge in [-0.2, -0.15) is 0 Å². The van der Waals surface area contributed by atoms with Gasteiger partial charge in [-0.05, 0) is 56.3 Å². The van der Waals surface area contributed by atoms with Gasteiger partial charge in [-0.1, -0.05) is 40.2 Å². The number of carbonyl (C=O) groups excluding carboxylic acids is 1. The first-order valence-electron chi connectivity index (χ1n) is 8.63. The summed E-state index contributed by atoms with van der Waals surface area (Å²) in [5.41, 5.74) is 2.00. The molecule has 0 fully saturated rings. The summed E-state index contributed by atoms with van der Waals surface area (Å²) in [6.07, 6.45) is 1.19. The molecule has 0 aliphatic heterocycles. The van der Waals surface area contributed by atoms with Crippen LogP contribution < -0.4 is 5.32 Å². The number of likely N-dealkylation sites (N-methyl/N-ethyl adjacent to an activating group) is 1. The summed E-state index contributed by atoms with van der Waals surface area (Å²) in [5, 5.41) is 3.01. The fourth-order valence-corrected chi connectivity index (χ4v) is 3.63. The van der Waals surface area contributed by atoms with Crippen LogP contribution in [0.2, 0.25) is 0 Å². The maximum Gasteiger partial charge on any atom is 0.234 e. The fraction of sp³-hybridized carbons (Fsp3) is 0.350. The summed E-state index contributed by atoms with van der Waals surface area (Å²) in [5.74, 6) is -0.0625. The number of carbonyl (C=O) groups is 1. The molecule has 1 N–H and O–H groups in total. The van der Waals surface area contributed by atoms with Gasteiger partial charge < -0.3 is 5.32 Å². The van der Waals surface area contributed by atoms with Crippen LogP contribution in [0.4, 0.5) is 0 Å². The van der Waals surface area contributed by atoms with Gasteiger partial charge in [0.2, 0.25) is 5.91 Å². The van der Waals surface area contributed by atoms with E-state index < -0.39 is 9.84 Å². The molecule has 0 heterocycles. The highest BCUT2D eigenvalue weighted by atomic mass is 79.9. The average molecular weight is 453 g/mol. The summed E-state index contributed by atoms with van der Waals surface area (Å²) in [4.78, 5) is 14.6. The molecule has 2 atom stereocenters. The molecule has 2 aromatic rings. The van der Waals surface area contributed by atoms with Crippen molar-refractivity contribution in [3.05, 3.63) is 64.1 Å². The van der Waals surface area contributed by atoms with Gasteiger partial charge in [-0.15, -0.1) is 0 Å². The number of nitrogens with zero attached hydrogens (tertiary/aromatic N) is 1. The molecule has 0 bridgehead atoms. The van der Waals surface area contributed by atoms with Gasteiger partial charge in [0.1, 0.15) is 0 Å². The molecule has 1 amide bonds. The van der Waals surface area contributed by atoms with E-state index in [1.165, 1.54) is 6.26 Å². The van der Waals surface area contributed by atoms with E-state index in [1.807, 2.05) is 50.1 Å². The lowest BCUT2D eigenvalue weighted by Gasteiger charge is -2.25. The average Bonchev–Trinajstić information content (AvgIpc) is 2.60. The van der Waals surface area contributed by atoms with E-state index in [4.69, 9.17) is 0 Å². The monoisotopic (exact) mass is 452 g/mol. The number of hydrogen-bond acceptors (Lipinski definition) is 4. The topological polar surface area (TPSA) is 66.5 Å². The Labute approximate surface area is 169 Å². The Morgan fingerprint density at radius 2 is 1.56 bits per heavy atom. The molecule has 0 radical (unpaired) electrons. The Hall–Kier alpha value is -1.70. The lowest BCUT2D eigenvalue weighted by molar-refractivity contribution is -0.123. The number of rotatable bonds is 7. The summed E-state index contributed by atoms with van der Waals surface area (Å²) in [6, 6.07) is 14.5. The van der Waals surface area contributed by atoms with Crippen LogP contribution in [-0.4, -0.2) is 39.1 Å². The zero-order valence-electron chi connectivity index (χ0n) is 15.9. The van der Waals surface area contributed by atoms with Gasteiger partial charge in [0.25, 0.3) is 0 Å². The van der Waals surface area contributed by atoms with Crippen molar-refractivity contribution in [1.29, 1.82) is 0 Å². The van der Waals surface area contributed by atoms with E-state index >= 15 is 0 Å². The van der Waals surface area contributed by atoms with Crippen LogP contribution in [0.25, 0.3) is 0 Å². The van der Waals surface area contributed by atoms with E-state index in [0.29, 0.717) is 4.90 Å². The van der Waals surface area contributed by atoms with Gasteiger partial charge in [-0.3, -0.25) is 9.69 Å². The Kier molecular flexibility index (Phi) is 7.19. The van der Waals surface area contributed by atoms with Gasteiger partial charge >= 0.3 is 0 Å². The number of nitrogens with one attached hydrogen (secondary N) is 1. The molecule has 0 aliphatic rings. The number of sulfone groups is 1. The van der Waals surface area contributed by atoms with Crippen LogP contribution in [0, 0.1) is 0 Å². The minimum absolute atomic E-state index is 0.0210. The second kappa shape index (κ2) is 8.99. The van der Waals surface area contributed by atoms with E-state index in [9.17, 15) is 13.2 Å². The van der Waals surface area contributed by atoms with Gasteiger partial charge in [0, 0.05) is 16.8 Å². The third kappa shape index (κ3) is 6.16. The molecule has 7 heteroatoms. The molecular formula is C20H25BrN2O3S. The molecule has 0 saturated heterocycles. The zero-order valence-corrected chi connectivity index (χ0v) is 18.3. The Morgan fingerprint density at radius 1 is 1.04 bits per heavy atom. The number of halogens is 1. The van der Waals surface area contributed by atoms with E-state index in [-0.39, 0.29) is 24.5 Å². The third-order valence-corrected chi connectivity index (χ3v) is 6.25. The molecule has 5 nitrogen and oxygen atoms in total. The molecule has 146 valence electrons. The predicted molar refractivity (Wildman–Crippen MR) is 111 cm³/mol. The van der Waals surface area contributed by atoms with Crippen molar-refractivity contribution in [2.45, 2.75) is 30.8 Å². The fourth-order valence-electron chi connectivity index (χ4n) is 2.73. The molecule has 27 heavy (non-hydrogen) atoms. The largest absolute Gasteiger partial charge is 0.348 e. The van der Waals surface area contributed by atoms with E-state index in [2.05, 4.69) is 21.2 Å². The second-order valence-corrected chi connectivity index (χ2v) is 9.70. The quantitative estimate of drug-likeness (QED) is 0.694. The second-order valence-electron chi connectivity index (χ2n) is 6.77. The highest BCUT2D eigenvalue weighted by Crippen LogP contribution is 2.21. The molecule has 2 rings (SSSR count). The van der Waals surface area contributed by atoms with Crippen molar-refractivity contribution in [2.24, 2.45) is 0 Å². The lowest BCUT2D eigenvalue weighted by atomic mass is 10.1. The molecule has 0 aromatic heterocycles. The number of benzene rings is 2. The van der Waals surface area contributed by atoms with Crippen LogP contribution in [0.1, 0.15) is 37.1 Å². The summed E-state index contributed by atoms with van der Waals surface area (Å²) in [6.45, 7) is 4.19. The van der Waals surface area contributed by atoms with E-state index in [1.54, 1.807) is 24.3 Å². The summed E-state index contributed by atoms with van der Waals surface area (Å²) >= 11 is 3.40. The Balaban J connectivity index is 1.95. The van der Waals surface area contributed by atoms with Gasteiger partial charge in [0.15, 0.2) is 9.84 Å². The molecule has 2 aromatic carbocycles. The third-order valence-electron chi connectivity index (χ3n) is 4.59. The molecule has 0 unspecified atom stereocenters. The highest BCUT2D eigenvalue weighted by Gasteiger charge is 2.17. The van der Waals surface area contributed by atoms with Crippen molar-refractivity contribution in [3.8, 4) is 0 Å². The molecular weight excluding hydrogens is 428 g/mol. The first-order chi connectivity index (χ1) is 12.6. The van der Waals surface area contributed by atoms with Crippen LogP contribution in [0.5, 0.6) is 0 Å².